The summed E-state index contributed by atoms with van der Waals surface area (Å²) in [6.45, 7) is 1.85. The van der Waals surface area contributed by atoms with Crippen molar-refractivity contribution >= 4 is 17.8 Å². The van der Waals surface area contributed by atoms with Crippen LogP contribution in [0.15, 0.2) is 12.2 Å². The van der Waals surface area contributed by atoms with E-state index in [1.807, 2.05) is 19.1 Å². The summed E-state index contributed by atoms with van der Waals surface area (Å²) in [5.41, 5.74) is 0. The second kappa shape index (κ2) is 4.18. The molecule has 3 rings (SSSR count). The van der Waals surface area contributed by atoms with E-state index in [0.717, 1.165) is 11.3 Å². The van der Waals surface area contributed by atoms with Crippen molar-refractivity contribution in [1.29, 1.82) is 0 Å². The molecule has 1 saturated carbocycles. The van der Waals surface area contributed by atoms with E-state index in [1.54, 1.807) is 0 Å². The molecule has 102 valence electrons. The Kier molecular flexibility index (Phi) is 2.73. The average Bonchev–Trinajstić information content (AvgIpc) is 3.02. The minimum absolute atomic E-state index is 0.132. The molecule has 1 N–H and O–H groups in total. The van der Waals surface area contributed by atoms with E-state index >= 15 is 0 Å². The second-order valence-corrected chi connectivity index (χ2v) is 5.69. The second-order valence-electron chi connectivity index (χ2n) is 5.69. The van der Waals surface area contributed by atoms with Gasteiger partial charge in [0.15, 0.2) is 0 Å². The number of allylic oxidation sites excluding steroid dienone is 2. The Balaban J connectivity index is 1.91. The van der Waals surface area contributed by atoms with Gasteiger partial charge in [-0.2, -0.15) is 0 Å². The van der Waals surface area contributed by atoms with Crippen molar-refractivity contribution in [1.82, 2.24) is 4.90 Å². The molecule has 3 aliphatic rings. The number of hydrogen-bond donors (Lipinski definition) is 1. The monoisotopic (exact) mass is 263 g/mol. The summed E-state index contributed by atoms with van der Waals surface area (Å²) < 4.78 is 0. The van der Waals surface area contributed by atoms with Crippen LogP contribution in [0.3, 0.4) is 0 Å². The highest BCUT2D eigenvalue weighted by atomic mass is 16.4. The number of likely N-dealkylation sites (tertiary alicyclic amines) is 1. The van der Waals surface area contributed by atoms with Gasteiger partial charge in [0.25, 0.3) is 0 Å². The Bertz CT molecular complexity index is 454. The average molecular weight is 263 g/mol. The molecule has 1 aliphatic heterocycles. The molecule has 0 aromatic rings. The largest absolute Gasteiger partial charge is 0.480 e. The number of fused-ring (bicyclic) bond motifs is 5. The number of amides is 2. The number of imide groups is 1. The lowest BCUT2D eigenvalue weighted by molar-refractivity contribution is -0.155. The molecule has 0 aromatic carbocycles. The predicted octanol–water partition coefficient (Wildman–Crippen LogP) is 1.05. The fourth-order valence-electron chi connectivity index (χ4n) is 3.87. The lowest BCUT2D eigenvalue weighted by Gasteiger charge is -2.24. The molecule has 5 nitrogen and oxygen atoms in total. The molecular formula is C14H17NO4. The fourth-order valence-corrected chi connectivity index (χ4v) is 3.87. The van der Waals surface area contributed by atoms with Crippen molar-refractivity contribution in [3.05, 3.63) is 12.2 Å². The first kappa shape index (κ1) is 12.4. The molecule has 0 spiro atoms. The van der Waals surface area contributed by atoms with E-state index in [-0.39, 0.29) is 35.5 Å². The first-order valence-electron chi connectivity index (χ1n) is 6.84. The summed E-state index contributed by atoms with van der Waals surface area (Å²) in [5.74, 6) is -1.97. The normalized spacial score (nSPS) is 37.0. The van der Waals surface area contributed by atoms with Crippen LogP contribution in [0.5, 0.6) is 0 Å². The van der Waals surface area contributed by atoms with Crippen molar-refractivity contribution in [2.45, 2.75) is 32.2 Å². The molecule has 2 amide bonds. The summed E-state index contributed by atoms with van der Waals surface area (Å²) in [6, 6.07) is -0.991. The molecule has 1 saturated heterocycles. The Morgan fingerprint density at radius 2 is 1.84 bits per heavy atom. The third-order valence-corrected chi connectivity index (χ3v) is 4.66. The predicted molar refractivity (Wildman–Crippen MR) is 65.9 cm³/mol. The van der Waals surface area contributed by atoms with Crippen LogP contribution in [0.1, 0.15) is 26.2 Å². The van der Waals surface area contributed by atoms with E-state index in [0.29, 0.717) is 12.8 Å². The Morgan fingerprint density at radius 1 is 1.32 bits per heavy atom. The van der Waals surface area contributed by atoms with Gasteiger partial charge in [-0.15, -0.1) is 0 Å². The molecule has 2 bridgehead atoms. The van der Waals surface area contributed by atoms with Crippen molar-refractivity contribution in [2.24, 2.45) is 23.7 Å². The van der Waals surface area contributed by atoms with Gasteiger partial charge < -0.3 is 5.11 Å². The van der Waals surface area contributed by atoms with Gasteiger partial charge >= 0.3 is 5.97 Å². The van der Waals surface area contributed by atoms with Crippen LogP contribution in [-0.2, 0) is 14.4 Å². The molecule has 2 fully saturated rings. The van der Waals surface area contributed by atoms with Gasteiger partial charge in [-0.25, -0.2) is 4.79 Å². The molecular weight excluding hydrogens is 246 g/mol. The Morgan fingerprint density at radius 3 is 2.26 bits per heavy atom. The van der Waals surface area contributed by atoms with Gasteiger partial charge in [0.2, 0.25) is 11.8 Å². The minimum atomic E-state index is -1.08. The maximum atomic E-state index is 12.4. The van der Waals surface area contributed by atoms with Gasteiger partial charge in [0.05, 0.1) is 11.8 Å². The van der Waals surface area contributed by atoms with Crippen molar-refractivity contribution in [3.63, 3.8) is 0 Å². The van der Waals surface area contributed by atoms with Crippen LogP contribution >= 0.6 is 0 Å². The van der Waals surface area contributed by atoms with Crippen LogP contribution < -0.4 is 0 Å². The highest BCUT2D eigenvalue weighted by molar-refractivity contribution is 6.08. The van der Waals surface area contributed by atoms with Crippen molar-refractivity contribution < 1.29 is 19.5 Å². The molecule has 5 heteroatoms. The highest BCUT2D eigenvalue weighted by Gasteiger charge is 2.60. The van der Waals surface area contributed by atoms with E-state index in [9.17, 15) is 19.5 Å². The number of rotatable bonds is 4. The van der Waals surface area contributed by atoms with Crippen LogP contribution in [0, 0.1) is 23.7 Å². The number of nitrogens with zero attached hydrogens (tertiary/aromatic N) is 1. The van der Waals surface area contributed by atoms with Crippen molar-refractivity contribution in [2.75, 3.05) is 0 Å². The van der Waals surface area contributed by atoms with Gasteiger partial charge in [0.1, 0.15) is 6.04 Å². The molecule has 0 aromatic heterocycles. The van der Waals surface area contributed by atoms with Gasteiger partial charge in [-0.3, -0.25) is 14.5 Å². The van der Waals surface area contributed by atoms with Gasteiger partial charge in [0, 0.05) is 0 Å². The number of carbonyl (C=O) groups excluding carboxylic acids is 2. The summed E-state index contributed by atoms with van der Waals surface area (Å²) in [7, 11) is 0. The Labute approximate surface area is 111 Å². The van der Waals surface area contributed by atoms with Crippen LogP contribution in [0.2, 0.25) is 0 Å². The van der Waals surface area contributed by atoms with E-state index in [1.165, 1.54) is 0 Å². The molecule has 2 aliphatic carbocycles. The maximum Gasteiger partial charge on any atom is 0.326 e. The number of carbonyl (C=O) groups is 3. The highest BCUT2D eigenvalue weighted by Crippen LogP contribution is 2.52. The van der Waals surface area contributed by atoms with Gasteiger partial charge in [-0.05, 0) is 24.7 Å². The van der Waals surface area contributed by atoms with Crippen molar-refractivity contribution in [3.8, 4) is 0 Å². The van der Waals surface area contributed by atoms with Gasteiger partial charge in [-0.1, -0.05) is 25.5 Å². The summed E-state index contributed by atoms with van der Waals surface area (Å²) in [5, 5.41) is 9.25. The third-order valence-electron chi connectivity index (χ3n) is 4.66. The lowest BCUT2D eigenvalue weighted by Crippen LogP contribution is -2.46. The Hall–Kier alpha value is -1.65. The SMILES string of the molecule is CCC[C@H](C(=O)O)N1C(=O)[C@@H]2[C@@H](C1=O)[C@H]1C=C[C@@H]2C1. The third kappa shape index (κ3) is 1.57. The summed E-state index contributed by atoms with van der Waals surface area (Å²) in [6.07, 6.45) is 5.85. The summed E-state index contributed by atoms with van der Waals surface area (Å²) >= 11 is 0. The lowest BCUT2D eigenvalue weighted by atomic mass is 9.85. The van der Waals surface area contributed by atoms with E-state index in [4.69, 9.17) is 0 Å². The molecule has 0 unspecified atom stereocenters. The van der Waals surface area contributed by atoms with E-state index in [2.05, 4.69) is 0 Å². The standard InChI is InChI=1S/C14H17NO4/c1-2-3-9(14(18)19)15-12(16)10-7-4-5-8(6-7)11(10)13(15)17/h4-5,7-11H,2-3,6H2,1H3,(H,18,19)/t7-,8+,9-,10+,11+/m1/s1. The number of carboxylic acid groups (broad SMARTS) is 1. The van der Waals surface area contributed by atoms with Crippen LogP contribution in [0.25, 0.3) is 0 Å². The van der Waals surface area contributed by atoms with Crippen LogP contribution in [-0.4, -0.2) is 33.8 Å². The van der Waals surface area contributed by atoms with Crippen LogP contribution in [0.4, 0.5) is 0 Å². The first-order chi connectivity index (χ1) is 9.06. The number of hydrogen-bond acceptors (Lipinski definition) is 3. The maximum absolute atomic E-state index is 12.4. The number of carboxylic acids is 1. The summed E-state index contributed by atoms with van der Waals surface area (Å²) in [4.78, 5) is 37.2. The zero-order valence-electron chi connectivity index (χ0n) is 10.8. The molecule has 5 atom stereocenters. The zero-order valence-corrected chi connectivity index (χ0v) is 10.8. The fraction of sp³-hybridized carbons (Fsp3) is 0.643. The molecule has 0 radical (unpaired) electrons. The quantitative estimate of drug-likeness (QED) is 0.607. The smallest absolute Gasteiger partial charge is 0.326 e. The topological polar surface area (TPSA) is 74.7 Å². The number of aliphatic carboxylic acids is 1. The minimum Gasteiger partial charge on any atom is -0.480 e. The zero-order chi connectivity index (χ0) is 13.7. The first-order valence-corrected chi connectivity index (χ1v) is 6.84. The molecule has 1 heterocycles. The van der Waals surface area contributed by atoms with E-state index < -0.39 is 12.0 Å². The molecule has 19 heavy (non-hydrogen) atoms.